The van der Waals surface area contributed by atoms with E-state index >= 15 is 0 Å². The first kappa shape index (κ1) is 15.3. The van der Waals surface area contributed by atoms with Crippen LogP contribution in [0.25, 0.3) is 0 Å². The van der Waals surface area contributed by atoms with Crippen molar-refractivity contribution in [3.05, 3.63) is 45.8 Å². The van der Waals surface area contributed by atoms with Gasteiger partial charge in [-0.05, 0) is 37.1 Å². The molecule has 0 saturated heterocycles. The van der Waals surface area contributed by atoms with Gasteiger partial charge in [-0.2, -0.15) is 0 Å². The molecule has 0 spiro atoms. The Morgan fingerprint density at radius 3 is 2.55 bits per heavy atom. The lowest BCUT2D eigenvalue weighted by Crippen LogP contribution is -2.26. The van der Waals surface area contributed by atoms with Gasteiger partial charge in [0.15, 0.2) is 0 Å². The zero-order chi connectivity index (χ0) is 14.9. The Kier molecular flexibility index (Phi) is 4.39. The number of hydrogen-bond donors (Lipinski definition) is 2. The minimum atomic E-state index is -3.60. The maximum absolute atomic E-state index is 12.3. The van der Waals surface area contributed by atoms with Crippen molar-refractivity contribution in [2.45, 2.75) is 24.1 Å². The van der Waals surface area contributed by atoms with Crippen molar-refractivity contribution < 1.29 is 8.42 Å². The molecule has 1 heterocycles. The molecule has 7 heteroatoms. The number of hydrogen-bond acceptors (Lipinski definition) is 4. The molecule has 4 nitrogen and oxygen atoms in total. The number of rotatable bonds is 4. The Morgan fingerprint density at radius 2 is 2.00 bits per heavy atom. The number of para-hydroxylation sites is 1. The SMILES string of the molecule is Cc1cc(S(=O)(=O)NC(C)c2ccccc2N)sc1Cl. The summed E-state index contributed by atoms with van der Waals surface area (Å²) >= 11 is 6.97. The lowest BCUT2D eigenvalue weighted by molar-refractivity contribution is 0.569. The summed E-state index contributed by atoms with van der Waals surface area (Å²) in [4.78, 5) is 0. The van der Waals surface area contributed by atoms with E-state index in [4.69, 9.17) is 17.3 Å². The molecule has 20 heavy (non-hydrogen) atoms. The minimum absolute atomic E-state index is 0.210. The van der Waals surface area contributed by atoms with Crippen molar-refractivity contribution in [3.63, 3.8) is 0 Å². The second-order valence-corrected chi connectivity index (χ2v) is 8.09. The van der Waals surface area contributed by atoms with Gasteiger partial charge in [0.25, 0.3) is 10.0 Å². The number of sulfonamides is 1. The summed E-state index contributed by atoms with van der Waals surface area (Å²) in [7, 11) is -3.60. The predicted octanol–water partition coefficient (Wildman–Crippen LogP) is 3.33. The number of aryl methyl sites for hydroxylation is 1. The molecule has 0 bridgehead atoms. The van der Waals surface area contributed by atoms with Gasteiger partial charge in [0.1, 0.15) is 4.21 Å². The van der Waals surface area contributed by atoms with Crippen LogP contribution in [0.5, 0.6) is 0 Å². The normalized spacial score (nSPS) is 13.3. The highest BCUT2D eigenvalue weighted by Crippen LogP contribution is 2.31. The lowest BCUT2D eigenvalue weighted by atomic mass is 10.1. The summed E-state index contributed by atoms with van der Waals surface area (Å²) in [6.07, 6.45) is 0. The summed E-state index contributed by atoms with van der Waals surface area (Å²) in [5, 5.41) is 0. The Morgan fingerprint density at radius 1 is 1.35 bits per heavy atom. The van der Waals surface area contributed by atoms with E-state index in [2.05, 4.69) is 4.72 Å². The zero-order valence-electron chi connectivity index (χ0n) is 11.1. The lowest BCUT2D eigenvalue weighted by Gasteiger charge is -2.15. The van der Waals surface area contributed by atoms with Crippen molar-refractivity contribution in [3.8, 4) is 0 Å². The number of anilines is 1. The van der Waals surface area contributed by atoms with E-state index in [0.29, 0.717) is 10.0 Å². The molecule has 1 unspecified atom stereocenters. The fourth-order valence-electron chi connectivity index (χ4n) is 1.82. The maximum atomic E-state index is 12.3. The first-order valence-corrected chi connectivity index (χ1v) is 8.61. The molecule has 1 aromatic carbocycles. The number of nitrogens with two attached hydrogens (primary N) is 1. The third kappa shape index (κ3) is 3.15. The predicted molar refractivity (Wildman–Crippen MR) is 83.7 cm³/mol. The third-order valence-electron chi connectivity index (χ3n) is 2.89. The highest BCUT2D eigenvalue weighted by molar-refractivity contribution is 7.91. The minimum Gasteiger partial charge on any atom is -0.398 e. The molecule has 1 aromatic heterocycles. The van der Waals surface area contributed by atoms with Crippen LogP contribution in [0.1, 0.15) is 24.1 Å². The number of benzene rings is 1. The fraction of sp³-hybridized carbons (Fsp3) is 0.231. The van der Waals surface area contributed by atoms with Crippen LogP contribution in [0, 0.1) is 6.92 Å². The van der Waals surface area contributed by atoms with E-state index in [1.165, 1.54) is 0 Å². The summed E-state index contributed by atoms with van der Waals surface area (Å²) in [5.74, 6) is 0. The quantitative estimate of drug-likeness (QED) is 0.844. The molecular formula is C13H15ClN2O2S2. The van der Waals surface area contributed by atoms with Crippen LogP contribution in [-0.4, -0.2) is 8.42 Å². The number of thiophene rings is 1. The Labute approximate surface area is 127 Å². The Balaban J connectivity index is 2.27. The first-order valence-electron chi connectivity index (χ1n) is 5.94. The molecule has 108 valence electrons. The molecule has 1 atom stereocenters. The van der Waals surface area contributed by atoms with Crippen LogP contribution in [0.4, 0.5) is 5.69 Å². The summed E-state index contributed by atoms with van der Waals surface area (Å²) < 4.78 is 27.9. The van der Waals surface area contributed by atoms with Gasteiger partial charge in [-0.15, -0.1) is 11.3 Å². The number of nitrogens with one attached hydrogen (secondary N) is 1. The number of nitrogen functional groups attached to an aromatic ring is 1. The fourth-order valence-corrected chi connectivity index (χ4v) is 4.77. The second-order valence-electron chi connectivity index (χ2n) is 4.49. The van der Waals surface area contributed by atoms with Gasteiger partial charge in [0, 0.05) is 11.7 Å². The van der Waals surface area contributed by atoms with Gasteiger partial charge in [-0.1, -0.05) is 29.8 Å². The number of halogens is 1. The van der Waals surface area contributed by atoms with Crippen LogP contribution in [-0.2, 0) is 10.0 Å². The van der Waals surface area contributed by atoms with E-state index in [1.807, 2.05) is 12.1 Å². The third-order valence-corrected chi connectivity index (χ3v) is 6.46. The van der Waals surface area contributed by atoms with Crippen LogP contribution >= 0.6 is 22.9 Å². The molecule has 0 saturated carbocycles. The standard InChI is InChI=1S/C13H15ClN2O2S2/c1-8-7-12(19-13(8)14)20(17,18)16-9(2)10-5-3-4-6-11(10)15/h3-7,9,16H,15H2,1-2H3. The van der Waals surface area contributed by atoms with Crippen molar-refractivity contribution in [2.24, 2.45) is 0 Å². The van der Waals surface area contributed by atoms with Gasteiger partial charge >= 0.3 is 0 Å². The Bertz CT molecular complexity index is 706. The molecule has 0 fully saturated rings. The highest BCUT2D eigenvalue weighted by atomic mass is 35.5. The Hall–Kier alpha value is -1.08. The first-order chi connectivity index (χ1) is 9.31. The van der Waals surface area contributed by atoms with Crippen molar-refractivity contribution >= 4 is 38.6 Å². The average molecular weight is 331 g/mol. The maximum Gasteiger partial charge on any atom is 0.250 e. The van der Waals surface area contributed by atoms with Gasteiger partial charge in [-0.25, -0.2) is 13.1 Å². The van der Waals surface area contributed by atoms with Crippen LogP contribution in [0.2, 0.25) is 4.34 Å². The summed E-state index contributed by atoms with van der Waals surface area (Å²) in [6, 6.07) is 8.32. The summed E-state index contributed by atoms with van der Waals surface area (Å²) in [6.45, 7) is 3.53. The smallest absolute Gasteiger partial charge is 0.250 e. The molecule has 0 aliphatic carbocycles. The molecule has 2 aromatic rings. The van der Waals surface area contributed by atoms with Gasteiger partial charge < -0.3 is 5.73 Å². The van der Waals surface area contributed by atoms with Crippen LogP contribution in [0.15, 0.2) is 34.5 Å². The zero-order valence-corrected chi connectivity index (χ0v) is 13.4. The van der Waals surface area contributed by atoms with E-state index in [-0.39, 0.29) is 4.21 Å². The molecule has 2 rings (SSSR count). The molecule has 0 radical (unpaired) electrons. The molecule has 3 N–H and O–H groups in total. The van der Waals surface area contributed by atoms with Crippen LogP contribution in [0.3, 0.4) is 0 Å². The molecular weight excluding hydrogens is 316 g/mol. The molecule has 0 amide bonds. The monoisotopic (exact) mass is 330 g/mol. The topological polar surface area (TPSA) is 72.2 Å². The second kappa shape index (κ2) is 5.73. The van der Waals surface area contributed by atoms with E-state index in [1.54, 1.807) is 32.0 Å². The average Bonchev–Trinajstić information content (AvgIpc) is 2.70. The van der Waals surface area contributed by atoms with Crippen molar-refractivity contribution in [2.75, 3.05) is 5.73 Å². The molecule has 0 aliphatic rings. The van der Waals surface area contributed by atoms with Gasteiger partial charge in [-0.3, -0.25) is 0 Å². The largest absolute Gasteiger partial charge is 0.398 e. The van der Waals surface area contributed by atoms with E-state index in [9.17, 15) is 8.42 Å². The van der Waals surface area contributed by atoms with Gasteiger partial charge in [0.2, 0.25) is 0 Å². The van der Waals surface area contributed by atoms with E-state index in [0.717, 1.165) is 22.5 Å². The summed E-state index contributed by atoms with van der Waals surface area (Å²) in [5.41, 5.74) is 7.91. The highest BCUT2D eigenvalue weighted by Gasteiger charge is 2.22. The van der Waals surface area contributed by atoms with Crippen LogP contribution < -0.4 is 10.5 Å². The molecule has 0 aliphatic heterocycles. The van der Waals surface area contributed by atoms with Gasteiger partial charge in [0.05, 0.1) is 4.34 Å². The van der Waals surface area contributed by atoms with Crippen molar-refractivity contribution in [1.29, 1.82) is 0 Å². The van der Waals surface area contributed by atoms with E-state index < -0.39 is 16.1 Å². The van der Waals surface area contributed by atoms with Crippen molar-refractivity contribution in [1.82, 2.24) is 4.72 Å².